The summed E-state index contributed by atoms with van der Waals surface area (Å²) in [7, 11) is 0. The molecule has 3 rings (SSSR count). The molecule has 1 amide bonds. The Morgan fingerprint density at radius 1 is 1.00 bits per heavy atom. The smallest absolute Gasteiger partial charge is 0.293 e. The number of alkyl halides is 5. The molecule has 1 fully saturated rings. The van der Waals surface area contributed by atoms with E-state index in [0.717, 1.165) is 42.5 Å². The molecule has 0 spiro atoms. The van der Waals surface area contributed by atoms with Gasteiger partial charge < -0.3 is 0 Å². The Hall–Kier alpha value is -2.51. The second-order valence-corrected chi connectivity index (χ2v) is 5.30. The molecule has 1 saturated heterocycles. The Bertz CT molecular complexity index is 784. The van der Waals surface area contributed by atoms with Gasteiger partial charge in [-0.15, -0.1) is 0 Å². The fourth-order valence-corrected chi connectivity index (χ4v) is 2.59. The van der Waals surface area contributed by atoms with Crippen LogP contribution in [0.25, 0.3) is 0 Å². The molecule has 1 atom stereocenters. The van der Waals surface area contributed by atoms with Crippen molar-refractivity contribution in [2.45, 2.75) is 18.1 Å². The standard InChI is InChI=1S/C16H9F6NO/c17-11-6-4-9(5-7-11)13-15(18,19)14(24)23(13)12-3-1-2-10(8-12)16(20,21)22/h1-8,13H. The number of carbonyl (C=O) groups is 1. The average Bonchev–Trinajstić information content (AvgIpc) is 2.52. The second-order valence-electron chi connectivity index (χ2n) is 5.30. The van der Waals surface area contributed by atoms with Gasteiger partial charge in [-0.2, -0.15) is 22.0 Å². The van der Waals surface area contributed by atoms with Gasteiger partial charge in [0.05, 0.1) is 5.56 Å². The predicted molar refractivity (Wildman–Crippen MR) is 73.0 cm³/mol. The maximum atomic E-state index is 13.9. The third-order valence-corrected chi connectivity index (χ3v) is 3.74. The van der Waals surface area contributed by atoms with Crippen molar-refractivity contribution in [1.82, 2.24) is 0 Å². The maximum absolute atomic E-state index is 13.9. The topological polar surface area (TPSA) is 20.3 Å². The fraction of sp³-hybridized carbons (Fsp3) is 0.188. The number of benzene rings is 2. The molecular formula is C16H9F6NO. The average molecular weight is 345 g/mol. The van der Waals surface area contributed by atoms with Gasteiger partial charge in [0.2, 0.25) is 0 Å². The number of anilines is 1. The van der Waals surface area contributed by atoms with Crippen LogP contribution in [0.5, 0.6) is 0 Å². The number of nitrogens with zero attached hydrogens (tertiary/aromatic N) is 1. The number of hydrogen-bond acceptors (Lipinski definition) is 1. The zero-order chi connectivity index (χ0) is 17.7. The Morgan fingerprint density at radius 2 is 1.62 bits per heavy atom. The Morgan fingerprint density at radius 3 is 2.21 bits per heavy atom. The molecule has 126 valence electrons. The molecule has 0 saturated carbocycles. The first-order chi connectivity index (χ1) is 11.1. The van der Waals surface area contributed by atoms with E-state index in [9.17, 15) is 31.1 Å². The molecule has 2 aromatic carbocycles. The van der Waals surface area contributed by atoms with E-state index in [1.54, 1.807) is 0 Å². The summed E-state index contributed by atoms with van der Waals surface area (Å²) in [5, 5.41) is 0. The van der Waals surface area contributed by atoms with Gasteiger partial charge in [-0.1, -0.05) is 18.2 Å². The summed E-state index contributed by atoms with van der Waals surface area (Å²) in [5.41, 5.74) is -1.42. The lowest BCUT2D eigenvalue weighted by Gasteiger charge is -2.46. The molecule has 1 aliphatic rings. The molecule has 24 heavy (non-hydrogen) atoms. The molecule has 1 unspecified atom stereocenters. The monoisotopic (exact) mass is 345 g/mol. The highest BCUT2D eigenvalue weighted by molar-refractivity contribution is 6.07. The van der Waals surface area contributed by atoms with Crippen LogP contribution in [-0.4, -0.2) is 11.8 Å². The molecule has 0 N–H and O–H groups in total. The molecule has 2 aromatic rings. The van der Waals surface area contributed by atoms with E-state index in [0.29, 0.717) is 11.0 Å². The molecule has 1 heterocycles. The highest BCUT2D eigenvalue weighted by Gasteiger charge is 2.64. The second kappa shape index (κ2) is 5.25. The van der Waals surface area contributed by atoms with E-state index < -0.39 is 35.4 Å². The number of rotatable bonds is 2. The summed E-state index contributed by atoms with van der Waals surface area (Å²) in [6, 6.07) is 5.82. The highest BCUT2D eigenvalue weighted by atomic mass is 19.4. The summed E-state index contributed by atoms with van der Waals surface area (Å²) in [6.45, 7) is 0. The number of amides is 1. The largest absolute Gasteiger partial charge is 0.416 e. The number of carbonyl (C=O) groups excluding carboxylic acids is 1. The third kappa shape index (κ3) is 2.51. The third-order valence-electron chi connectivity index (χ3n) is 3.74. The van der Waals surface area contributed by atoms with Crippen molar-refractivity contribution in [3.63, 3.8) is 0 Å². The van der Waals surface area contributed by atoms with Crippen LogP contribution in [0.3, 0.4) is 0 Å². The van der Waals surface area contributed by atoms with Gasteiger partial charge in [-0.25, -0.2) is 4.39 Å². The van der Waals surface area contributed by atoms with E-state index in [4.69, 9.17) is 0 Å². The minimum Gasteiger partial charge on any atom is -0.293 e. The van der Waals surface area contributed by atoms with Gasteiger partial charge in [0, 0.05) is 5.69 Å². The predicted octanol–water partition coefficient (Wildman–Crippen LogP) is 4.57. The van der Waals surface area contributed by atoms with E-state index in [1.807, 2.05) is 0 Å². The van der Waals surface area contributed by atoms with Crippen LogP contribution in [0.2, 0.25) is 0 Å². The first kappa shape index (κ1) is 16.4. The van der Waals surface area contributed by atoms with Gasteiger partial charge in [-0.3, -0.25) is 9.69 Å². The van der Waals surface area contributed by atoms with Crippen molar-refractivity contribution in [3.05, 3.63) is 65.5 Å². The lowest BCUT2D eigenvalue weighted by molar-refractivity contribution is -0.162. The quantitative estimate of drug-likeness (QED) is 0.577. The van der Waals surface area contributed by atoms with Crippen molar-refractivity contribution in [1.29, 1.82) is 0 Å². The Labute approximate surface area is 132 Å². The zero-order valence-electron chi connectivity index (χ0n) is 11.8. The van der Waals surface area contributed by atoms with Gasteiger partial charge in [-0.05, 0) is 35.9 Å². The minimum absolute atomic E-state index is 0.0709. The Balaban J connectivity index is 2.03. The van der Waals surface area contributed by atoms with Crippen molar-refractivity contribution in [2.75, 3.05) is 4.90 Å². The first-order valence-corrected chi connectivity index (χ1v) is 6.76. The van der Waals surface area contributed by atoms with Crippen molar-refractivity contribution in [2.24, 2.45) is 0 Å². The lowest BCUT2D eigenvalue weighted by atomic mass is 9.88. The molecule has 2 nitrogen and oxygen atoms in total. The number of hydrogen-bond donors (Lipinski definition) is 0. The van der Waals surface area contributed by atoms with Crippen molar-refractivity contribution < 1.29 is 31.1 Å². The van der Waals surface area contributed by atoms with Gasteiger partial charge in [0.1, 0.15) is 11.9 Å². The minimum atomic E-state index is -4.67. The molecular weight excluding hydrogens is 336 g/mol. The van der Waals surface area contributed by atoms with Crippen LogP contribution in [0, 0.1) is 5.82 Å². The SMILES string of the molecule is O=C1N(c2cccc(C(F)(F)F)c2)C(c2ccc(F)cc2)C1(F)F. The first-order valence-electron chi connectivity index (χ1n) is 6.76. The van der Waals surface area contributed by atoms with Crippen LogP contribution in [0.1, 0.15) is 17.2 Å². The summed E-state index contributed by atoms with van der Waals surface area (Å²) >= 11 is 0. The normalized spacial score (nSPS) is 20.0. The molecule has 0 bridgehead atoms. The van der Waals surface area contributed by atoms with Crippen LogP contribution >= 0.6 is 0 Å². The maximum Gasteiger partial charge on any atom is 0.416 e. The van der Waals surface area contributed by atoms with Gasteiger partial charge in [0.25, 0.3) is 0 Å². The summed E-state index contributed by atoms with van der Waals surface area (Å²) in [5.74, 6) is -6.03. The molecule has 0 aliphatic carbocycles. The molecule has 0 radical (unpaired) electrons. The van der Waals surface area contributed by atoms with Crippen LogP contribution < -0.4 is 4.90 Å². The fourth-order valence-electron chi connectivity index (χ4n) is 2.59. The van der Waals surface area contributed by atoms with Crippen molar-refractivity contribution >= 4 is 11.6 Å². The summed E-state index contributed by atoms with van der Waals surface area (Å²) < 4.78 is 79.2. The zero-order valence-corrected chi connectivity index (χ0v) is 11.8. The molecule has 8 heteroatoms. The van der Waals surface area contributed by atoms with Crippen LogP contribution in [-0.2, 0) is 11.0 Å². The number of halogens is 6. The van der Waals surface area contributed by atoms with Gasteiger partial charge in [0.15, 0.2) is 0 Å². The number of β-lactam (4-membered cyclic amide) rings is 1. The van der Waals surface area contributed by atoms with E-state index >= 15 is 0 Å². The highest BCUT2D eigenvalue weighted by Crippen LogP contribution is 2.50. The van der Waals surface area contributed by atoms with Crippen molar-refractivity contribution in [3.8, 4) is 0 Å². The molecule has 1 aliphatic heterocycles. The van der Waals surface area contributed by atoms with Gasteiger partial charge >= 0.3 is 18.0 Å². The Kier molecular flexibility index (Phi) is 3.58. The van der Waals surface area contributed by atoms with E-state index in [-0.39, 0.29) is 11.3 Å². The molecule has 0 aromatic heterocycles. The lowest BCUT2D eigenvalue weighted by Crippen LogP contribution is -2.64. The summed E-state index contributed by atoms with van der Waals surface area (Å²) in [6.07, 6.45) is -4.67. The van der Waals surface area contributed by atoms with Crippen LogP contribution in [0.4, 0.5) is 32.0 Å². The summed E-state index contributed by atoms with van der Waals surface area (Å²) in [4.78, 5) is 12.3. The van der Waals surface area contributed by atoms with E-state index in [2.05, 4.69) is 0 Å². The van der Waals surface area contributed by atoms with Crippen LogP contribution in [0.15, 0.2) is 48.5 Å². The van der Waals surface area contributed by atoms with E-state index in [1.165, 1.54) is 0 Å².